The maximum Gasteiger partial charge on any atom is 0.252 e. The van der Waals surface area contributed by atoms with Crippen molar-refractivity contribution in [3.8, 4) is 0 Å². The second kappa shape index (κ2) is 8.17. The molecule has 166 valence electrons. The zero-order valence-electron chi connectivity index (χ0n) is 18.6. The van der Waals surface area contributed by atoms with Crippen molar-refractivity contribution in [3.63, 3.8) is 0 Å². The molecule has 0 radical (unpaired) electrons. The van der Waals surface area contributed by atoms with Crippen LogP contribution >= 0.6 is 0 Å². The maximum atomic E-state index is 14.3. The fraction of sp³-hybridized carbons (Fsp3) is 0.385. The molecule has 2 N–H and O–H groups in total. The van der Waals surface area contributed by atoms with Gasteiger partial charge >= 0.3 is 0 Å². The number of fused-ring (bicyclic) bond motifs is 1. The summed E-state index contributed by atoms with van der Waals surface area (Å²) in [6, 6.07) is 13.5. The molecule has 5 rings (SSSR count). The predicted octanol–water partition coefficient (Wildman–Crippen LogP) is 4.29. The van der Waals surface area contributed by atoms with Crippen LogP contribution in [0.15, 0.2) is 48.7 Å². The van der Waals surface area contributed by atoms with Crippen molar-refractivity contribution in [2.24, 2.45) is 0 Å². The van der Waals surface area contributed by atoms with Crippen molar-refractivity contribution in [2.45, 2.75) is 44.2 Å². The first kappa shape index (κ1) is 20.9. The van der Waals surface area contributed by atoms with Crippen molar-refractivity contribution >= 4 is 22.5 Å². The highest BCUT2D eigenvalue weighted by Crippen LogP contribution is 2.48. The van der Waals surface area contributed by atoms with Crippen LogP contribution in [0.3, 0.4) is 0 Å². The third-order valence-corrected chi connectivity index (χ3v) is 7.07. The lowest BCUT2D eigenvalue weighted by molar-refractivity contribution is 0.0930. The Hall–Kier alpha value is -2.99. The van der Waals surface area contributed by atoms with Gasteiger partial charge in [-0.05, 0) is 81.1 Å². The number of halogens is 1. The summed E-state index contributed by atoms with van der Waals surface area (Å²) in [7, 11) is 2.11. The van der Waals surface area contributed by atoms with Crippen LogP contribution in [0.25, 0.3) is 10.9 Å². The van der Waals surface area contributed by atoms with Gasteiger partial charge in [0.1, 0.15) is 11.3 Å². The van der Waals surface area contributed by atoms with Crippen LogP contribution in [0.2, 0.25) is 0 Å². The van der Waals surface area contributed by atoms with Gasteiger partial charge in [0.25, 0.3) is 5.91 Å². The number of pyridine rings is 1. The number of anilines is 1. The maximum absolute atomic E-state index is 14.3. The molecule has 1 saturated heterocycles. The highest BCUT2D eigenvalue weighted by molar-refractivity contribution is 5.98. The van der Waals surface area contributed by atoms with E-state index in [1.165, 1.54) is 6.07 Å². The molecule has 0 spiro atoms. The molecule has 2 aliphatic rings. The average molecular weight is 433 g/mol. The molecular weight excluding hydrogens is 403 g/mol. The number of hydrogen-bond donors (Lipinski definition) is 2. The number of piperidine rings is 1. The Bertz CT molecular complexity index is 1170. The number of carbonyl (C=O) groups is 1. The molecule has 0 bridgehead atoms. The summed E-state index contributed by atoms with van der Waals surface area (Å²) in [5, 5.41) is 7.45. The van der Waals surface area contributed by atoms with E-state index in [0.717, 1.165) is 61.0 Å². The molecule has 0 unspecified atom stereocenters. The first-order chi connectivity index (χ1) is 15.5. The molecule has 1 aromatic heterocycles. The average Bonchev–Trinajstić information content (AvgIpc) is 3.59. The second-order valence-corrected chi connectivity index (χ2v) is 9.12. The molecule has 1 aliphatic heterocycles. The predicted molar refractivity (Wildman–Crippen MR) is 126 cm³/mol. The molecular formula is C26H29FN4O. The molecule has 1 aliphatic carbocycles. The van der Waals surface area contributed by atoms with Crippen LogP contribution in [-0.2, 0) is 5.54 Å². The number of carbonyl (C=O) groups excluding carboxylic acids is 1. The van der Waals surface area contributed by atoms with E-state index in [1.54, 1.807) is 12.3 Å². The number of hydrogen-bond acceptors (Lipinski definition) is 4. The fourth-order valence-electron chi connectivity index (χ4n) is 4.91. The van der Waals surface area contributed by atoms with E-state index in [-0.39, 0.29) is 11.7 Å². The summed E-state index contributed by atoms with van der Waals surface area (Å²) in [4.78, 5) is 19.9. The van der Waals surface area contributed by atoms with E-state index in [2.05, 4.69) is 33.6 Å². The van der Waals surface area contributed by atoms with Crippen molar-refractivity contribution < 1.29 is 9.18 Å². The minimum Gasteiger partial charge on any atom is -0.371 e. The van der Waals surface area contributed by atoms with E-state index >= 15 is 0 Å². The first-order valence-corrected chi connectivity index (χ1v) is 11.4. The lowest BCUT2D eigenvalue weighted by Crippen LogP contribution is -2.41. The van der Waals surface area contributed by atoms with Gasteiger partial charge in [0, 0.05) is 35.9 Å². The molecule has 3 aromatic rings. The van der Waals surface area contributed by atoms with Crippen molar-refractivity contribution in [3.05, 3.63) is 71.2 Å². The molecule has 2 heterocycles. The summed E-state index contributed by atoms with van der Waals surface area (Å²) in [5.74, 6) is -0.419. The normalized spacial score (nSPS) is 17.8. The summed E-state index contributed by atoms with van der Waals surface area (Å²) < 4.78 is 14.3. The molecule has 0 atom stereocenters. The van der Waals surface area contributed by atoms with Crippen molar-refractivity contribution in [2.75, 3.05) is 25.0 Å². The van der Waals surface area contributed by atoms with Gasteiger partial charge in [-0.1, -0.05) is 18.2 Å². The summed E-state index contributed by atoms with van der Waals surface area (Å²) in [6.45, 7) is 4.02. The van der Waals surface area contributed by atoms with Crippen LogP contribution in [0.5, 0.6) is 0 Å². The summed E-state index contributed by atoms with van der Waals surface area (Å²) >= 11 is 0. The Morgan fingerprint density at radius 3 is 2.72 bits per heavy atom. The number of benzene rings is 2. The van der Waals surface area contributed by atoms with Crippen molar-refractivity contribution in [1.82, 2.24) is 15.6 Å². The second-order valence-electron chi connectivity index (χ2n) is 9.12. The largest absolute Gasteiger partial charge is 0.371 e. The van der Waals surface area contributed by atoms with Crippen LogP contribution in [0, 0.1) is 12.7 Å². The minimum atomic E-state index is -0.463. The summed E-state index contributed by atoms with van der Waals surface area (Å²) in [5.41, 5.74) is 3.54. The van der Waals surface area contributed by atoms with Crippen LogP contribution in [0.4, 0.5) is 10.1 Å². The lowest BCUT2D eigenvalue weighted by Gasteiger charge is -2.33. The lowest BCUT2D eigenvalue weighted by atomic mass is 9.98. The van der Waals surface area contributed by atoms with Crippen LogP contribution in [-0.4, -0.2) is 37.1 Å². The van der Waals surface area contributed by atoms with Crippen LogP contribution in [0.1, 0.15) is 47.2 Å². The van der Waals surface area contributed by atoms with Gasteiger partial charge in [0.05, 0.1) is 5.54 Å². The zero-order chi connectivity index (χ0) is 22.3. The SMILES string of the molecule is Cc1ccc(N(C)C2CCNCC2)cc1C(=O)NC1(c2ccnc3c(F)cccc23)CC1. The Balaban J connectivity index is 1.42. The number of aromatic nitrogens is 1. The van der Waals surface area contributed by atoms with Gasteiger partial charge in [0.2, 0.25) is 0 Å². The molecule has 6 heteroatoms. The third kappa shape index (κ3) is 3.73. The van der Waals surface area contributed by atoms with Gasteiger partial charge in [0.15, 0.2) is 0 Å². The smallest absolute Gasteiger partial charge is 0.252 e. The molecule has 1 amide bonds. The zero-order valence-corrected chi connectivity index (χ0v) is 18.6. The Morgan fingerprint density at radius 2 is 1.97 bits per heavy atom. The summed E-state index contributed by atoms with van der Waals surface area (Å²) in [6.07, 6.45) is 5.50. The highest BCUT2D eigenvalue weighted by atomic mass is 19.1. The van der Waals surface area contributed by atoms with E-state index in [9.17, 15) is 9.18 Å². The molecule has 2 aromatic carbocycles. The van der Waals surface area contributed by atoms with Gasteiger partial charge in [-0.15, -0.1) is 0 Å². The van der Waals surface area contributed by atoms with E-state index in [0.29, 0.717) is 17.1 Å². The first-order valence-electron chi connectivity index (χ1n) is 11.4. The standard InChI is InChI=1S/C26H29FN4O/c1-17-6-7-19(31(2)18-8-13-28-14-9-18)16-21(17)25(32)30-26(11-12-26)22-10-15-29-24-20(22)4-3-5-23(24)27/h3-7,10,15-16,18,28H,8-9,11-14H2,1-2H3,(H,30,32). The van der Waals surface area contributed by atoms with Crippen LogP contribution < -0.4 is 15.5 Å². The number of aryl methyl sites for hydroxylation is 1. The fourth-order valence-corrected chi connectivity index (χ4v) is 4.91. The van der Waals surface area contributed by atoms with Gasteiger partial charge in [-0.3, -0.25) is 9.78 Å². The molecule has 1 saturated carbocycles. The van der Waals surface area contributed by atoms with E-state index < -0.39 is 5.54 Å². The number of nitrogens with zero attached hydrogens (tertiary/aromatic N) is 2. The number of rotatable bonds is 5. The van der Waals surface area contributed by atoms with Gasteiger partial charge in [-0.2, -0.15) is 0 Å². The Kier molecular flexibility index (Phi) is 5.33. The monoisotopic (exact) mass is 432 g/mol. The van der Waals surface area contributed by atoms with E-state index in [4.69, 9.17) is 0 Å². The minimum absolute atomic E-state index is 0.0815. The number of amides is 1. The molecule has 2 fully saturated rings. The Labute approximate surface area is 188 Å². The third-order valence-electron chi connectivity index (χ3n) is 7.07. The molecule has 32 heavy (non-hydrogen) atoms. The van der Waals surface area contributed by atoms with Gasteiger partial charge < -0.3 is 15.5 Å². The highest BCUT2D eigenvalue weighted by Gasteiger charge is 2.47. The Morgan fingerprint density at radius 1 is 1.19 bits per heavy atom. The number of para-hydroxylation sites is 1. The van der Waals surface area contributed by atoms with Crippen molar-refractivity contribution in [1.29, 1.82) is 0 Å². The van der Waals surface area contributed by atoms with E-state index in [1.807, 2.05) is 31.2 Å². The van der Waals surface area contributed by atoms with Gasteiger partial charge in [-0.25, -0.2) is 4.39 Å². The topological polar surface area (TPSA) is 57.3 Å². The molecule has 5 nitrogen and oxygen atoms in total. The quantitative estimate of drug-likeness (QED) is 0.632. The number of nitrogens with one attached hydrogen (secondary N) is 2.